The quantitative estimate of drug-likeness (QED) is 0.733. The topological polar surface area (TPSA) is 78.0 Å². The lowest BCUT2D eigenvalue weighted by Crippen LogP contribution is -2.07. The molecule has 5 nitrogen and oxygen atoms in total. The van der Waals surface area contributed by atoms with Crippen LogP contribution in [0.25, 0.3) is 10.9 Å². The van der Waals surface area contributed by atoms with Gasteiger partial charge in [0.25, 0.3) is 0 Å². The number of carboxylic acid groups (broad SMARTS) is 1. The van der Waals surface area contributed by atoms with Crippen molar-refractivity contribution < 1.29 is 9.90 Å². The predicted octanol–water partition coefficient (Wildman–Crippen LogP) is 2.42. The van der Waals surface area contributed by atoms with E-state index in [1.807, 2.05) is 0 Å². The summed E-state index contributed by atoms with van der Waals surface area (Å²) in [5, 5.41) is 18.3. The fraction of sp³-hybridized carbons (Fsp3) is 0. The van der Waals surface area contributed by atoms with Crippen molar-refractivity contribution in [3.63, 3.8) is 0 Å². The average Bonchev–Trinajstić information content (AvgIpc) is 2.51. The molecule has 0 bridgehead atoms. The van der Waals surface area contributed by atoms with Crippen molar-refractivity contribution in [1.82, 2.24) is 10.2 Å². The first kappa shape index (κ1) is 9.01. The molecule has 72 valence electrons. The number of nitrogens with one attached hydrogen (secondary N) is 2. The predicted molar refractivity (Wildman–Crippen MR) is 55.4 cm³/mol. The van der Waals surface area contributed by atoms with Crippen LogP contribution in [0.1, 0.15) is 0 Å². The van der Waals surface area contributed by atoms with E-state index >= 15 is 0 Å². The molecule has 1 heterocycles. The van der Waals surface area contributed by atoms with Crippen molar-refractivity contribution in [1.29, 1.82) is 0 Å². The minimum Gasteiger partial charge on any atom is -0.465 e. The number of anilines is 1. The molecule has 6 heteroatoms. The van der Waals surface area contributed by atoms with Crippen LogP contribution >= 0.6 is 15.9 Å². The van der Waals surface area contributed by atoms with Gasteiger partial charge in [-0.15, -0.1) is 0 Å². The lowest BCUT2D eigenvalue weighted by atomic mass is 10.2. The molecule has 0 spiro atoms. The summed E-state index contributed by atoms with van der Waals surface area (Å²) in [7, 11) is 0. The minimum atomic E-state index is -1.09. The molecular formula is C8H6BrN3O2. The molecule has 3 N–H and O–H groups in total. The van der Waals surface area contributed by atoms with E-state index in [1.165, 1.54) is 0 Å². The summed E-state index contributed by atoms with van der Waals surface area (Å²) in [5.41, 5.74) is 1.36. The van der Waals surface area contributed by atoms with Crippen molar-refractivity contribution in [3.05, 3.63) is 22.8 Å². The Morgan fingerprint density at radius 1 is 1.57 bits per heavy atom. The SMILES string of the molecule is O=C(O)Nc1cc2cn[nH]c2cc1Br. The lowest BCUT2D eigenvalue weighted by molar-refractivity contribution is 0.209. The summed E-state index contributed by atoms with van der Waals surface area (Å²) in [5.74, 6) is 0. The Morgan fingerprint density at radius 2 is 2.36 bits per heavy atom. The van der Waals surface area contributed by atoms with Crippen LogP contribution in [0.15, 0.2) is 22.8 Å². The van der Waals surface area contributed by atoms with E-state index in [1.54, 1.807) is 18.3 Å². The second-order valence-corrected chi connectivity index (χ2v) is 3.57. The van der Waals surface area contributed by atoms with Crippen molar-refractivity contribution >= 4 is 38.6 Å². The Morgan fingerprint density at radius 3 is 3.07 bits per heavy atom. The molecule has 1 aromatic heterocycles. The molecule has 0 aliphatic heterocycles. The largest absolute Gasteiger partial charge is 0.465 e. The van der Waals surface area contributed by atoms with Gasteiger partial charge in [-0.1, -0.05) is 0 Å². The molecule has 1 aromatic carbocycles. The van der Waals surface area contributed by atoms with Crippen molar-refractivity contribution in [3.8, 4) is 0 Å². The number of rotatable bonds is 1. The van der Waals surface area contributed by atoms with Gasteiger partial charge in [-0.05, 0) is 28.1 Å². The van der Waals surface area contributed by atoms with Gasteiger partial charge in [-0.25, -0.2) is 4.79 Å². The summed E-state index contributed by atoms with van der Waals surface area (Å²) in [6.07, 6.45) is 0.544. The van der Waals surface area contributed by atoms with Gasteiger partial charge in [0.05, 0.1) is 17.4 Å². The number of hydrogen-bond donors (Lipinski definition) is 3. The zero-order valence-electron chi connectivity index (χ0n) is 6.91. The van der Waals surface area contributed by atoms with E-state index in [0.29, 0.717) is 10.2 Å². The molecule has 0 aliphatic rings. The van der Waals surface area contributed by atoms with Crippen LogP contribution in [-0.2, 0) is 0 Å². The maximum absolute atomic E-state index is 10.4. The number of fused-ring (bicyclic) bond motifs is 1. The fourth-order valence-electron chi connectivity index (χ4n) is 1.18. The van der Waals surface area contributed by atoms with Gasteiger partial charge in [0, 0.05) is 9.86 Å². The van der Waals surface area contributed by atoms with Crippen LogP contribution in [0, 0.1) is 0 Å². The first-order chi connectivity index (χ1) is 6.66. The third-order valence-corrected chi connectivity index (χ3v) is 2.43. The summed E-state index contributed by atoms with van der Waals surface area (Å²) < 4.78 is 0.677. The van der Waals surface area contributed by atoms with Crippen LogP contribution in [0.2, 0.25) is 0 Å². The summed E-state index contributed by atoms with van der Waals surface area (Å²) in [6, 6.07) is 3.48. The molecule has 0 radical (unpaired) electrons. The first-order valence-electron chi connectivity index (χ1n) is 3.79. The van der Waals surface area contributed by atoms with Gasteiger partial charge in [0.2, 0.25) is 0 Å². The molecule has 2 rings (SSSR count). The second kappa shape index (κ2) is 3.30. The molecule has 0 saturated carbocycles. The molecule has 2 aromatic rings. The van der Waals surface area contributed by atoms with Gasteiger partial charge in [-0.2, -0.15) is 5.10 Å². The van der Waals surface area contributed by atoms with E-state index in [9.17, 15) is 4.79 Å². The van der Waals surface area contributed by atoms with Gasteiger partial charge in [0.1, 0.15) is 0 Å². The highest BCUT2D eigenvalue weighted by Gasteiger charge is 2.06. The van der Waals surface area contributed by atoms with Crippen molar-refractivity contribution in [2.45, 2.75) is 0 Å². The summed E-state index contributed by atoms with van der Waals surface area (Å²) in [4.78, 5) is 10.4. The number of aromatic amines is 1. The normalized spacial score (nSPS) is 10.4. The number of hydrogen-bond acceptors (Lipinski definition) is 2. The minimum absolute atomic E-state index is 0.506. The summed E-state index contributed by atoms with van der Waals surface area (Å²) in [6.45, 7) is 0. The van der Waals surface area contributed by atoms with E-state index < -0.39 is 6.09 Å². The van der Waals surface area contributed by atoms with Crippen molar-refractivity contribution in [2.75, 3.05) is 5.32 Å². The number of aromatic nitrogens is 2. The van der Waals surface area contributed by atoms with Gasteiger partial charge < -0.3 is 5.11 Å². The molecule has 14 heavy (non-hydrogen) atoms. The average molecular weight is 256 g/mol. The van der Waals surface area contributed by atoms with Crippen LogP contribution in [-0.4, -0.2) is 21.4 Å². The Kier molecular flexibility index (Phi) is 2.12. The van der Waals surface area contributed by atoms with Crippen LogP contribution in [0.3, 0.4) is 0 Å². The molecule has 0 unspecified atom stereocenters. The standard InChI is InChI=1S/C8H6BrN3O2/c9-5-2-6-4(3-10-12-6)1-7(5)11-8(13)14/h1-3,11H,(H,10,12)(H,13,14). The molecule has 0 fully saturated rings. The number of nitrogens with zero attached hydrogens (tertiary/aromatic N) is 1. The lowest BCUT2D eigenvalue weighted by Gasteiger charge is -2.03. The van der Waals surface area contributed by atoms with E-state index in [-0.39, 0.29) is 0 Å². The maximum Gasteiger partial charge on any atom is 0.409 e. The number of benzene rings is 1. The summed E-state index contributed by atoms with van der Waals surface area (Å²) >= 11 is 3.26. The molecule has 0 atom stereocenters. The van der Waals surface area contributed by atoms with Crippen LogP contribution < -0.4 is 5.32 Å². The zero-order valence-corrected chi connectivity index (χ0v) is 8.50. The van der Waals surface area contributed by atoms with Crippen LogP contribution in [0.5, 0.6) is 0 Å². The zero-order chi connectivity index (χ0) is 10.1. The Balaban J connectivity index is 2.53. The van der Waals surface area contributed by atoms with Crippen LogP contribution in [0.4, 0.5) is 10.5 Å². The van der Waals surface area contributed by atoms with Gasteiger partial charge in [-0.3, -0.25) is 10.4 Å². The van der Waals surface area contributed by atoms with Gasteiger partial charge in [0.15, 0.2) is 0 Å². The molecule has 0 saturated heterocycles. The number of carbonyl (C=O) groups is 1. The van der Waals surface area contributed by atoms with Crippen molar-refractivity contribution in [2.24, 2.45) is 0 Å². The van der Waals surface area contributed by atoms with E-state index in [2.05, 4.69) is 31.4 Å². The molecular weight excluding hydrogens is 250 g/mol. The Bertz CT molecular complexity index is 494. The maximum atomic E-state index is 10.4. The van der Waals surface area contributed by atoms with E-state index in [4.69, 9.17) is 5.11 Å². The molecule has 1 amide bonds. The smallest absolute Gasteiger partial charge is 0.409 e. The number of amides is 1. The highest BCUT2D eigenvalue weighted by Crippen LogP contribution is 2.27. The monoisotopic (exact) mass is 255 g/mol. The first-order valence-corrected chi connectivity index (χ1v) is 4.58. The fourth-order valence-corrected chi connectivity index (χ4v) is 1.62. The number of H-pyrrole nitrogens is 1. The van der Waals surface area contributed by atoms with Gasteiger partial charge >= 0.3 is 6.09 Å². The third-order valence-electron chi connectivity index (χ3n) is 1.77. The highest BCUT2D eigenvalue weighted by atomic mass is 79.9. The van der Waals surface area contributed by atoms with E-state index in [0.717, 1.165) is 10.9 Å². The third kappa shape index (κ3) is 1.56. The molecule has 0 aliphatic carbocycles. The Hall–Kier alpha value is -1.56. The Labute approximate surface area is 87.2 Å². The second-order valence-electron chi connectivity index (χ2n) is 2.72. The number of halogens is 1. The highest BCUT2D eigenvalue weighted by molar-refractivity contribution is 9.10.